The minimum absolute atomic E-state index is 0.265. The van der Waals surface area contributed by atoms with Crippen LogP contribution in [-0.4, -0.2) is 26.0 Å². The fourth-order valence-electron chi connectivity index (χ4n) is 3.74. The summed E-state index contributed by atoms with van der Waals surface area (Å²) in [6.07, 6.45) is 0. The Morgan fingerprint density at radius 2 is 1.58 bits per heavy atom. The molecule has 3 aromatic carbocycles. The maximum absolute atomic E-state index is 5.57. The van der Waals surface area contributed by atoms with Gasteiger partial charge in [-0.1, -0.05) is 12.1 Å². The first-order chi connectivity index (χ1) is 12.7. The highest BCUT2D eigenvalue weighted by molar-refractivity contribution is 6.18. The molecule has 5 nitrogen and oxygen atoms in total. The number of hydrogen-bond acceptors (Lipinski definition) is 5. The van der Waals surface area contributed by atoms with E-state index in [0.717, 1.165) is 49.6 Å². The summed E-state index contributed by atoms with van der Waals surface area (Å²) in [7, 11) is 3.28. The Balaban J connectivity index is 1.93. The average molecular weight is 347 g/mol. The van der Waals surface area contributed by atoms with Gasteiger partial charge in [-0.3, -0.25) is 4.98 Å². The minimum Gasteiger partial charge on any atom is -0.493 e. The molecule has 1 aliphatic rings. The lowest BCUT2D eigenvalue weighted by Crippen LogP contribution is -1.94. The second-order valence-corrected chi connectivity index (χ2v) is 6.34. The monoisotopic (exact) mass is 347 g/mol. The Morgan fingerprint density at radius 1 is 0.846 bits per heavy atom. The van der Waals surface area contributed by atoms with Gasteiger partial charge >= 0.3 is 0 Å². The van der Waals surface area contributed by atoms with E-state index in [2.05, 4.69) is 12.1 Å². The molecular formula is C21H17NO4. The quantitative estimate of drug-likeness (QED) is 0.496. The predicted octanol–water partition coefficient (Wildman–Crippen LogP) is 4.60. The molecule has 0 fully saturated rings. The Kier molecular flexibility index (Phi) is 3.13. The second-order valence-electron chi connectivity index (χ2n) is 6.34. The number of nitrogens with zero attached hydrogens (tertiary/aromatic N) is 1. The number of methoxy groups -OCH3 is 2. The first-order valence-corrected chi connectivity index (χ1v) is 8.38. The lowest BCUT2D eigenvalue weighted by atomic mass is 9.97. The number of fused-ring (bicyclic) bond motifs is 6. The van der Waals surface area contributed by atoms with E-state index >= 15 is 0 Å². The van der Waals surface area contributed by atoms with E-state index in [-0.39, 0.29) is 6.79 Å². The fraction of sp³-hybridized carbons (Fsp3) is 0.190. The summed E-state index contributed by atoms with van der Waals surface area (Å²) in [4.78, 5) is 4.82. The van der Waals surface area contributed by atoms with Gasteiger partial charge in [0.2, 0.25) is 6.79 Å². The van der Waals surface area contributed by atoms with Crippen LogP contribution in [0.2, 0.25) is 0 Å². The van der Waals surface area contributed by atoms with Gasteiger partial charge in [0.25, 0.3) is 0 Å². The number of pyridine rings is 1. The third kappa shape index (κ3) is 2.00. The zero-order valence-corrected chi connectivity index (χ0v) is 14.8. The van der Waals surface area contributed by atoms with Gasteiger partial charge in [-0.25, -0.2) is 0 Å². The van der Waals surface area contributed by atoms with Crippen molar-refractivity contribution in [1.82, 2.24) is 4.98 Å². The SMILES string of the molecule is COc1cc2nc(C)c3c4cc5c(cc4ccc3c2cc1OC)OCO5. The molecule has 4 aromatic rings. The largest absolute Gasteiger partial charge is 0.493 e. The highest BCUT2D eigenvalue weighted by atomic mass is 16.7. The molecule has 0 saturated heterocycles. The van der Waals surface area contributed by atoms with Crippen LogP contribution in [0.5, 0.6) is 23.0 Å². The molecule has 0 amide bonds. The van der Waals surface area contributed by atoms with Crippen molar-refractivity contribution in [3.05, 3.63) is 42.1 Å². The molecule has 0 radical (unpaired) electrons. The summed E-state index contributed by atoms with van der Waals surface area (Å²) >= 11 is 0. The summed E-state index contributed by atoms with van der Waals surface area (Å²) in [5.74, 6) is 2.93. The van der Waals surface area contributed by atoms with Crippen molar-refractivity contribution in [2.75, 3.05) is 21.0 Å². The van der Waals surface area contributed by atoms with E-state index in [0.29, 0.717) is 11.5 Å². The molecular weight excluding hydrogens is 330 g/mol. The van der Waals surface area contributed by atoms with Crippen molar-refractivity contribution in [2.24, 2.45) is 0 Å². The van der Waals surface area contributed by atoms with Gasteiger partial charge in [0.05, 0.1) is 19.7 Å². The molecule has 1 aliphatic heterocycles. The number of ether oxygens (including phenoxy) is 4. The van der Waals surface area contributed by atoms with Gasteiger partial charge in [-0.15, -0.1) is 0 Å². The minimum atomic E-state index is 0.265. The molecule has 5 rings (SSSR count). The summed E-state index contributed by atoms with van der Waals surface area (Å²) in [5.41, 5.74) is 1.84. The molecule has 1 aromatic heterocycles. The summed E-state index contributed by atoms with van der Waals surface area (Å²) < 4.78 is 22.0. The summed E-state index contributed by atoms with van der Waals surface area (Å²) in [6.45, 7) is 2.29. The van der Waals surface area contributed by atoms with Gasteiger partial charge in [-0.2, -0.15) is 0 Å². The van der Waals surface area contributed by atoms with E-state index in [1.54, 1.807) is 14.2 Å². The third-order valence-electron chi connectivity index (χ3n) is 4.95. The molecule has 0 N–H and O–H groups in total. The van der Waals surface area contributed by atoms with E-state index < -0.39 is 0 Å². The van der Waals surface area contributed by atoms with Gasteiger partial charge in [0, 0.05) is 22.5 Å². The molecule has 0 bridgehead atoms. The number of hydrogen-bond donors (Lipinski definition) is 0. The van der Waals surface area contributed by atoms with Crippen LogP contribution in [0.4, 0.5) is 0 Å². The number of aryl methyl sites for hydroxylation is 1. The van der Waals surface area contributed by atoms with E-state index in [1.165, 1.54) is 0 Å². The Morgan fingerprint density at radius 3 is 2.35 bits per heavy atom. The van der Waals surface area contributed by atoms with Crippen LogP contribution in [0.1, 0.15) is 5.69 Å². The van der Waals surface area contributed by atoms with Crippen LogP contribution >= 0.6 is 0 Å². The normalized spacial score (nSPS) is 12.9. The molecule has 2 heterocycles. The predicted molar refractivity (Wildman–Crippen MR) is 101 cm³/mol. The summed E-state index contributed by atoms with van der Waals surface area (Å²) in [6, 6.07) is 12.2. The standard InChI is InChI=1S/C21H17NO4/c1-11-21-13(15-8-17(23-2)18(24-3)9-16(15)22-11)5-4-12-6-19-20(7-14(12)21)26-10-25-19/h4-9H,10H2,1-3H3. The molecule has 5 heteroatoms. The van der Waals surface area contributed by atoms with Crippen molar-refractivity contribution in [2.45, 2.75) is 6.92 Å². The van der Waals surface area contributed by atoms with Crippen molar-refractivity contribution in [1.29, 1.82) is 0 Å². The molecule has 0 aliphatic carbocycles. The lowest BCUT2D eigenvalue weighted by Gasteiger charge is -2.13. The zero-order chi connectivity index (χ0) is 17.8. The highest BCUT2D eigenvalue weighted by Gasteiger charge is 2.18. The van der Waals surface area contributed by atoms with Gasteiger partial charge in [-0.05, 0) is 41.3 Å². The third-order valence-corrected chi connectivity index (χ3v) is 4.95. The van der Waals surface area contributed by atoms with Crippen LogP contribution < -0.4 is 18.9 Å². The number of rotatable bonds is 2. The maximum atomic E-state index is 5.57. The maximum Gasteiger partial charge on any atom is 0.231 e. The van der Waals surface area contributed by atoms with Crippen molar-refractivity contribution < 1.29 is 18.9 Å². The molecule has 0 saturated carbocycles. The molecule has 130 valence electrons. The van der Waals surface area contributed by atoms with Crippen LogP contribution in [0.15, 0.2) is 36.4 Å². The number of aromatic nitrogens is 1. The second kappa shape index (κ2) is 5.39. The van der Waals surface area contributed by atoms with Crippen molar-refractivity contribution >= 4 is 32.4 Å². The molecule has 0 atom stereocenters. The van der Waals surface area contributed by atoms with Gasteiger partial charge in [0.1, 0.15) is 0 Å². The van der Waals surface area contributed by atoms with Crippen LogP contribution in [-0.2, 0) is 0 Å². The smallest absolute Gasteiger partial charge is 0.231 e. The molecule has 26 heavy (non-hydrogen) atoms. The number of benzene rings is 3. The van der Waals surface area contributed by atoms with Crippen molar-refractivity contribution in [3.8, 4) is 23.0 Å². The Bertz CT molecular complexity index is 1200. The Hall–Kier alpha value is -3.21. The van der Waals surface area contributed by atoms with Crippen LogP contribution in [0.25, 0.3) is 32.4 Å². The first kappa shape index (κ1) is 15.1. The average Bonchev–Trinajstić information content (AvgIpc) is 3.12. The summed E-state index contributed by atoms with van der Waals surface area (Å²) in [5, 5.41) is 5.48. The lowest BCUT2D eigenvalue weighted by molar-refractivity contribution is 0.174. The van der Waals surface area contributed by atoms with Gasteiger partial charge < -0.3 is 18.9 Å². The molecule has 0 spiro atoms. The van der Waals surface area contributed by atoms with Crippen molar-refractivity contribution in [3.63, 3.8) is 0 Å². The zero-order valence-electron chi connectivity index (χ0n) is 14.8. The van der Waals surface area contributed by atoms with Crippen LogP contribution in [0.3, 0.4) is 0 Å². The fourth-order valence-corrected chi connectivity index (χ4v) is 3.74. The first-order valence-electron chi connectivity index (χ1n) is 8.38. The van der Waals surface area contributed by atoms with E-state index in [4.69, 9.17) is 23.9 Å². The topological polar surface area (TPSA) is 49.8 Å². The highest BCUT2D eigenvalue weighted by Crippen LogP contribution is 2.42. The van der Waals surface area contributed by atoms with E-state index in [9.17, 15) is 0 Å². The van der Waals surface area contributed by atoms with Crippen LogP contribution in [0, 0.1) is 6.92 Å². The molecule has 0 unspecified atom stereocenters. The Labute approximate surface area is 150 Å². The van der Waals surface area contributed by atoms with E-state index in [1.807, 2.05) is 31.2 Å². The van der Waals surface area contributed by atoms with Gasteiger partial charge in [0.15, 0.2) is 23.0 Å².